The van der Waals surface area contributed by atoms with Crippen molar-refractivity contribution in [2.75, 3.05) is 14.2 Å². The van der Waals surface area contributed by atoms with Crippen LogP contribution in [0.1, 0.15) is 42.2 Å². The molecule has 1 aliphatic rings. The molecule has 156 valence electrons. The molecule has 7 nitrogen and oxygen atoms in total. The molecule has 1 aliphatic heterocycles. The molecule has 0 spiro atoms. The highest BCUT2D eigenvalue weighted by molar-refractivity contribution is 7.89. The number of benzene rings is 2. The molecule has 0 saturated carbocycles. The normalized spacial score (nSPS) is 17.8. The molecular formula is C20H22ClNO6S. The van der Waals surface area contributed by atoms with Gasteiger partial charge in [0, 0.05) is 18.1 Å². The molecule has 0 aromatic heterocycles. The van der Waals surface area contributed by atoms with Crippen LogP contribution in [0.4, 0.5) is 0 Å². The van der Waals surface area contributed by atoms with Gasteiger partial charge < -0.3 is 14.2 Å². The summed E-state index contributed by atoms with van der Waals surface area (Å²) in [5.41, 5.74) is 0.0920. The van der Waals surface area contributed by atoms with Gasteiger partial charge in [0.25, 0.3) is 0 Å². The molecule has 1 atom stereocenters. The third kappa shape index (κ3) is 4.49. The van der Waals surface area contributed by atoms with E-state index in [0.717, 1.165) is 0 Å². The van der Waals surface area contributed by atoms with Gasteiger partial charge >= 0.3 is 5.97 Å². The average molecular weight is 440 g/mol. The van der Waals surface area contributed by atoms with Gasteiger partial charge in [-0.15, -0.1) is 0 Å². The van der Waals surface area contributed by atoms with E-state index in [4.69, 9.17) is 21.1 Å². The van der Waals surface area contributed by atoms with Crippen molar-refractivity contribution in [1.29, 1.82) is 0 Å². The first kappa shape index (κ1) is 21.4. The Morgan fingerprint density at radius 1 is 1.21 bits per heavy atom. The van der Waals surface area contributed by atoms with Gasteiger partial charge in [-0.1, -0.05) is 17.7 Å². The Kier molecular flexibility index (Phi) is 5.80. The van der Waals surface area contributed by atoms with Crippen molar-refractivity contribution < 1.29 is 27.4 Å². The van der Waals surface area contributed by atoms with Gasteiger partial charge in [0.15, 0.2) is 0 Å². The quantitative estimate of drug-likeness (QED) is 0.714. The first-order chi connectivity index (χ1) is 13.6. The van der Waals surface area contributed by atoms with Crippen LogP contribution in [0.15, 0.2) is 41.3 Å². The third-order valence-electron chi connectivity index (χ3n) is 4.63. The molecule has 0 amide bonds. The first-order valence-corrected chi connectivity index (χ1v) is 10.7. The number of nitrogens with one attached hydrogen (secondary N) is 1. The van der Waals surface area contributed by atoms with E-state index in [-0.39, 0.29) is 15.5 Å². The number of sulfonamides is 1. The van der Waals surface area contributed by atoms with E-state index in [0.29, 0.717) is 23.5 Å². The third-order valence-corrected chi connectivity index (χ3v) is 6.43. The van der Waals surface area contributed by atoms with Crippen molar-refractivity contribution in [1.82, 2.24) is 4.72 Å². The summed E-state index contributed by atoms with van der Waals surface area (Å²) < 4.78 is 44.7. The molecule has 29 heavy (non-hydrogen) atoms. The van der Waals surface area contributed by atoms with Gasteiger partial charge in [0.2, 0.25) is 10.0 Å². The lowest BCUT2D eigenvalue weighted by atomic mass is 9.90. The maximum absolute atomic E-state index is 13.0. The van der Waals surface area contributed by atoms with E-state index in [1.165, 1.54) is 25.3 Å². The first-order valence-electron chi connectivity index (χ1n) is 8.83. The molecule has 1 heterocycles. The van der Waals surface area contributed by atoms with Crippen molar-refractivity contribution >= 4 is 27.6 Å². The molecular weight excluding hydrogens is 418 g/mol. The van der Waals surface area contributed by atoms with Crippen LogP contribution < -0.4 is 14.2 Å². The van der Waals surface area contributed by atoms with Crippen LogP contribution in [-0.2, 0) is 14.8 Å². The highest BCUT2D eigenvalue weighted by atomic mass is 35.5. The second-order valence-electron chi connectivity index (χ2n) is 7.28. The molecule has 2 aromatic carbocycles. The minimum absolute atomic E-state index is 0.0190. The second kappa shape index (κ2) is 7.85. The standard InChI is InChI=1S/C20H22ClNO6S/c1-20(2)11-17(14-7-5-12(26-3)9-18(14)28-20)22-29(24,25)13-6-8-16(21)15(10-13)19(23)27-4/h5-10,17,22H,11H2,1-4H3. The molecule has 2 aromatic rings. The maximum atomic E-state index is 13.0. The number of esters is 1. The number of methoxy groups -OCH3 is 2. The fraction of sp³-hybridized carbons (Fsp3) is 0.350. The lowest BCUT2D eigenvalue weighted by Gasteiger charge is -2.37. The van der Waals surface area contributed by atoms with Crippen LogP contribution in [0.3, 0.4) is 0 Å². The number of carbonyl (C=O) groups is 1. The minimum Gasteiger partial charge on any atom is -0.497 e. The Bertz CT molecular complexity index is 1050. The monoisotopic (exact) mass is 439 g/mol. The molecule has 1 unspecified atom stereocenters. The number of fused-ring (bicyclic) bond motifs is 1. The lowest BCUT2D eigenvalue weighted by molar-refractivity contribution is 0.0600. The highest BCUT2D eigenvalue weighted by Crippen LogP contribution is 2.41. The Labute approximate surface area is 175 Å². The summed E-state index contributed by atoms with van der Waals surface area (Å²) >= 11 is 6.00. The van der Waals surface area contributed by atoms with Gasteiger partial charge in [-0.25, -0.2) is 17.9 Å². The number of ether oxygens (including phenoxy) is 3. The van der Waals surface area contributed by atoms with E-state index in [9.17, 15) is 13.2 Å². The van der Waals surface area contributed by atoms with Crippen LogP contribution in [0, 0.1) is 0 Å². The number of hydrogen-bond donors (Lipinski definition) is 1. The molecule has 3 rings (SSSR count). The van der Waals surface area contributed by atoms with Gasteiger partial charge in [0.1, 0.15) is 17.1 Å². The van der Waals surface area contributed by atoms with E-state index in [2.05, 4.69) is 9.46 Å². The second-order valence-corrected chi connectivity index (χ2v) is 9.40. The Morgan fingerprint density at radius 3 is 2.59 bits per heavy atom. The zero-order chi connectivity index (χ0) is 21.4. The summed E-state index contributed by atoms with van der Waals surface area (Å²) in [6.07, 6.45) is 0.420. The number of halogens is 1. The van der Waals surface area contributed by atoms with Crippen molar-refractivity contribution in [2.45, 2.75) is 36.8 Å². The topological polar surface area (TPSA) is 90.9 Å². The molecule has 0 radical (unpaired) electrons. The smallest absolute Gasteiger partial charge is 0.339 e. The maximum Gasteiger partial charge on any atom is 0.339 e. The molecule has 9 heteroatoms. The van der Waals surface area contributed by atoms with Crippen LogP contribution in [0.2, 0.25) is 5.02 Å². The van der Waals surface area contributed by atoms with Crippen LogP contribution in [0.25, 0.3) is 0 Å². The van der Waals surface area contributed by atoms with Crippen molar-refractivity contribution in [3.05, 3.63) is 52.5 Å². The van der Waals surface area contributed by atoms with E-state index < -0.39 is 27.6 Å². The predicted octanol–water partition coefficient (Wildman–Crippen LogP) is 3.72. The van der Waals surface area contributed by atoms with Gasteiger partial charge in [-0.2, -0.15) is 0 Å². The Morgan fingerprint density at radius 2 is 1.93 bits per heavy atom. The molecule has 1 N–H and O–H groups in total. The summed E-state index contributed by atoms with van der Waals surface area (Å²) in [5.74, 6) is 0.458. The van der Waals surface area contributed by atoms with E-state index >= 15 is 0 Å². The summed E-state index contributed by atoms with van der Waals surface area (Å²) in [4.78, 5) is 11.8. The van der Waals surface area contributed by atoms with Crippen LogP contribution >= 0.6 is 11.6 Å². The fourth-order valence-corrected chi connectivity index (χ4v) is 4.69. The van der Waals surface area contributed by atoms with Crippen LogP contribution in [0.5, 0.6) is 11.5 Å². The summed E-state index contributed by atoms with van der Waals surface area (Å²) in [5, 5.41) is 0.112. The summed E-state index contributed by atoms with van der Waals surface area (Å²) in [6.45, 7) is 3.77. The van der Waals surface area contributed by atoms with Gasteiger partial charge in [-0.3, -0.25) is 0 Å². The van der Waals surface area contributed by atoms with Crippen molar-refractivity contribution in [3.63, 3.8) is 0 Å². The zero-order valence-corrected chi connectivity index (χ0v) is 18.1. The molecule has 0 fully saturated rings. The molecule has 0 aliphatic carbocycles. The minimum atomic E-state index is -3.95. The predicted molar refractivity (Wildman–Crippen MR) is 108 cm³/mol. The van der Waals surface area contributed by atoms with Gasteiger partial charge in [-0.05, 0) is 38.1 Å². The number of carbonyl (C=O) groups excluding carboxylic acids is 1. The SMILES string of the molecule is COC(=O)c1cc(S(=O)(=O)NC2CC(C)(C)Oc3cc(OC)ccc32)ccc1Cl. The molecule has 0 bridgehead atoms. The van der Waals surface area contributed by atoms with E-state index in [1.807, 2.05) is 13.8 Å². The highest BCUT2D eigenvalue weighted by Gasteiger charge is 2.36. The summed E-state index contributed by atoms with van der Waals surface area (Å²) in [7, 11) is -1.20. The zero-order valence-electron chi connectivity index (χ0n) is 16.5. The van der Waals surface area contributed by atoms with Crippen molar-refractivity contribution in [3.8, 4) is 11.5 Å². The number of hydrogen-bond acceptors (Lipinski definition) is 6. The Hall–Kier alpha value is -2.29. The lowest BCUT2D eigenvalue weighted by Crippen LogP contribution is -2.41. The Balaban J connectivity index is 1.98. The molecule has 0 saturated heterocycles. The van der Waals surface area contributed by atoms with E-state index in [1.54, 1.807) is 25.3 Å². The average Bonchev–Trinajstić information content (AvgIpc) is 2.65. The number of rotatable bonds is 5. The fourth-order valence-electron chi connectivity index (χ4n) is 3.26. The van der Waals surface area contributed by atoms with Crippen LogP contribution in [-0.4, -0.2) is 34.2 Å². The van der Waals surface area contributed by atoms with Crippen molar-refractivity contribution in [2.24, 2.45) is 0 Å². The largest absolute Gasteiger partial charge is 0.497 e. The van der Waals surface area contributed by atoms with Gasteiger partial charge in [0.05, 0.1) is 35.7 Å². The summed E-state index contributed by atoms with van der Waals surface area (Å²) in [6, 6.07) is 8.64.